The van der Waals surface area contributed by atoms with Crippen LogP contribution in [0.2, 0.25) is 0 Å². The molecule has 3 nitrogen and oxygen atoms in total. The van der Waals surface area contributed by atoms with Gasteiger partial charge in [-0.15, -0.1) is 0 Å². The lowest BCUT2D eigenvalue weighted by molar-refractivity contribution is 0.268. The van der Waals surface area contributed by atoms with Crippen molar-refractivity contribution in [2.45, 2.75) is 19.4 Å². The van der Waals surface area contributed by atoms with Gasteiger partial charge in [-0.05, 0) is 36.7 Å². The number of benzene rings is 1. The molecule has 1 saturated heterocycles. The van der Waals surface area contributed by atoms with Gasteiger partial charge in [-0.1, -0.05) is 29.8 Å². The number of aromatic nitrogens is 1. The summed E-state index contributed by atoms with van der Waals surface area (Å²) in [5.74, 6) is 1.18. The van der Waals surface area contributed by atoms with Gasteiger partial charge in [0.15, 0.2) is 0 Å². The maximum Gasteiger partial charge on any atom is 0.132 e. The smallest absolute Gasteiger partial charge is 0.132 e. The molecule has 0 radical (unpaired) electrons. The first-order chi connectivity index (χ1) is 10.2. The highest BCUT2D eigenvalue weighted by molar-refractivity contribution is 5.56. The lowest BCUT2D eigenvalue weighted by Crippen LogP contribution is -2.47. The van der Waals surface area contributed by atoms with E-state index in [1.165, 1.54) is 28.1 Å². The van der Waals surface area contributed by atoms with E-state index in [0.29, 0.717) is 6.04 Å². The van der Waals surface area contributed by atoms with Gasteiger partial charge in [0.2, 0.25) is 0 Å². The number of likely N-dealkylation sites (N-methyl/N-ethyl adjacent to an activating group) is 1. The van der Waals surface area contributed by atoms with E-state index in [1.54, 1.807) is 0 Å². The Morgan fingerprint density at radius 1 is 1.14 bits per heavy atom. The number of piperazine rings is 1. The molecule has 2 aliphatic heterocycles. The van der Waals surface area contributed by atoms with E-state index in [9.17, 15) is 0 Å². The van der Waals surface area contributed by atoms with Crippen molar-refractivity contribution in [1.82, 2.24) is 9.88 Å². The van der Waals surface area contributed by atoms with Gasteiger partial charge in [-0.2, -0.15) is 0 Å². The fraction of sp³-hybridized carbons (Fsp3) is 0.389. The van der Waals surface area contributed by atoms with Gasteiger partial charge in [0.05, 0.1) is 6.04 Å². The molecule has 0 spiro atoms. The van der Waals surface area contributed by atoms with Crippen LogP contribution < -0.4 is 4.90 Å². The second-order valence-electron chi connectivity index (χ2n) is 6.34. The summed E-state index contributed by atoms with van der Waals surface area (Å²) in [6.45, 7) is 5.42. The van der Waals surface area contributed by atoms with Crippen molar-refractivity contribution in [2.75, 3.05) is 31.6 Å². The number of rotatable bonds is 0. The molecule has 0 amide bonds. The third-order valence-corrected chi connectivity index (χ3v) is 4.76. The quantitative estimate of drug-likeness (QED) is 0.739. The van der Waals surface area contributed by atoms with Crippen LogP contribution in [0.15, 0.2) is 36.5 Å². The molecule has 2 aromatic rings. The highest BCUT2D eigenvalue weighted by Crippen LogP contribution is 2.38. The second kappa shape index (κ2) is 4.85. The molecular formula is C18H21N3. The van der Waals surface area contributed by atoms with Crippen molar-refractivity contribution in [1.29, 1.82) is 0 Å². The molecular weight excluding hydrogens is 258 g/mol. The first-order valence-corrected chi connectivity index (χ1v) is 7.71. The van der Waals surface area contributed by atoms with Gasteiger partial charge in [-0.3, -0.25) is 0 Å². The zero-order chi connectivity index (χ0) is 14.4. The number of fused-ring (bicyclic) bond motifs is 5. The summed E-state index contributed by atoms with van der Waals surface area (Å²) >= 11 is 0. The molecule has 1 fully saturated rings. The molecule has 21 heavy (non-hydrogen) atoms. The van der Waals surface area contributed by atoms with Crippen molar-refractivity contribution < 1.29 is 0 Å². The molecule has 1 atom stereocenters. The third-order valence-electron chi connectivity index (χ3n) is 4.76. The summed E-state index contributed by atoms with van der Waals surface area (Å²) in [6.07, 6.45) is 2.92. The zero-order valence-electron chi connectivity index (χ0n) is 12.7. The molecule has 1 unspecified atom stereocenters. The van der Waals surface area contributed by atoms with E-state index in [4.69, 9.17) is 4.98 Å². The molecule has 0 N–H and O–H groups in total. The second-order valence-corrected chi connectivity index (χ2v) is 6.34. The molecule has 108 valence electrons. The van der Waals surface area contributed by atoms with Gasteiger partial charge in [-0.25, -0.2) is 4.98 Å². The van der Waals surface area contributed by atoms with Crippen LogP contribution in [0, 0.1) is 6.92 Å². The Bertz CT molecular complexity index is 680. The van der Waals surface area contributed by atoms with Crippen molar-refractivity contribution in [2.24, 2.45) is 0 Å². The first-order valence-electron chi connectivity index (χ1n) is 7.71. The average molecular weight is 279 g/mol. The molecule has 0 aliphatic carbocycles. The van der Waals surface area contributed by atoms with Gasteiger partial charge >= 0.3 is 0 Å². The SMILES string of the molecule is Cc1ccc2c(c1)C1CN(C)CCN1c1ncccc1C2. The lowest BCUT2D eigenvalue weighted by atomic mass is 9.94. The highest BCUT2D eigenvalue weighted by Gasteiger charge is 2.32. The van der Waals surface area contributed by atoms with Crippen LogP contribution in [0.4, 0.5) is 5.82 Å². The van der Waals surface area contributed by atoms with Gasteiger partial charge in [0.1, 0.15) is 5.82 Å². The number of aryl methyl sites for hydroxylation is 1. The predicted molar refractivity (Wildman–Crippen MR) is 85.8 cm³/mol. The van der Waals surface area contributed by atoms with E-state index >= 15 is 0 Å². The number of hydrogen-bond donors (Lipinski definition) is 0. The van der Waals surface area contributed by atoms with Crippen molar-refractivity contribution in [3.63, 3.8) is 0 Å². The zero-order valence-corrected chi connectivity index (χ0v) is 12.7. The monoisotopic (exact) mass is 279 g/mol. The molecule has 2 aliphatic rings. The standard InChI is InChI=1S/C18H21N3/c1-13-5-6-14-11-15-4-3-7-19-18(15)21-9-8-20(2)12-17(21)16(14)10-13/h3-7,10,17H,8-9,11-12H2,1-2H3. The van der Waals surface area contributed by atoms with Crippen LogP contribution in [0.1, 0.15) is 28.3 Å². The predicted octanol–water partition coefficient (Wildman–Crippen LogP) is 2.79. The number of nitrogens with zero attached hydrogens (tertiary/aromatic N) is 3. The van der Waals surface area contributed by atoms with Crippen molar-refractivity contribution >= 4 is 5.82 Å². The van der Waals surface area contributed by atoms with Crippen LogP contribution in [-0.4, -0.2) is 36.6 Å². The minimum Gasteiger partial charge on any atom is -0.347 e. The Morgan fingerprint density at radius 3 is 2.95 bits per heavy atom. The molecule has 3 heterocycles. The van der Waals surface area contributed by atoms with Crippen LogP contribution in [0.25, 0.3) is 0 Å². The van der Waals surface area contributed by atoms with E-state index in [0.717, 1.165) is 26.1 Å². The summed E-state index contributed by atoms with van der Waals surface area (Å²) in [5.41, 5.74) is 5.65. The van der Waals surface area contributed by atoms with Gasteiger partial charge in [0.25, 0.3) is 0 Å². The van der Waals surface area contributed by atoms with E-state index in [2.05, 4.69) is 54.1 Å². The Balaban J connectivity index is 1.91. The summed E-state index contributed by atoms with van der Waals surface area (Å²) < 4.78 is 0. The van der Waals surface area contributed by atoms with Crippen molar-refractivity contribution in [3.05, 3.63) is 58.8 Å². The Hall–Kier alpha value is -1.87. The van der Waals surface area contributed by atoms with Crippen molar-refractivity contribution in [3.8, 4) is 0 Å². The number of pyridine rings is 1. The average Bonchev–Trinajstić information content (AvgIpc) is 2.62. The number of anilines is 1. The fourth-order valence-corrected chi connectivity index (χ4v) is 3.66. The molecule has 1 aromatic carbocycles. The normalized spacial score (nSPS) is 21.2. The van der Waals surface area contributed by atoms with E-state index in [-0.39, 0.29) is 0 Å². The maximum atomic E-state index is 4.70. The summed E-state index contributed by atoms with van der Waals surface area (Å²) in [5, 5.41) is 0. The molecule has 0 saturated carbocycles. The molecule has 0 bridgehead atoms. The van der Waals surface area contributed by atoms with Crippen LogP contribution in [0.3, 0.4) is 0 Å². The Morgan fingerprint density at radius 2 is 2.05 bits per heavy atom. The molecule has 3 heteroatoms. The summed E-state index contributed by atoms with van der Waals surface area (Å²) in [4.78, 5) is 9.65. The van der Waals surface area contributed by atoms with E-state index < -0.39 is 0 Å². The number of hydrogen-bond acceptors (Lipinski definition) is 3. The Labute approximate surface area is 126 Å². The van der Waals surface area contributed by atoms with Crippen LogP contribution in [0.5, 0.6) is 0 Å². The largest absolute Gasteiger partial charge is 0.347 e. The highest BCUT2D eigenvalue weighted by atomic mass is 15.3. The first kappa shape index (κ1) is 12.8. The Kier molecular flexibility index (Phi) is 2.96. The third kappa shape index (κ3) is 2.12. The summed E-state index contributed by atoms with van der Waals surface area (Å²) in [6, 6.07) is 11.6. The maximum absolute atomic E-state index is 4.70. The fourth-order valence-electron chi connectivity index (χ4n) is 3.66. The summed E-state index contributed by atoms with van der Waals surface area (Å²) in [7, 11) is 2.22. The molecule has 4 rings (SSSR count). The minimum atomic E-state index is 0.426. The van der Waals surface area contributed by atoms with E-state index in [1.807, 2.05) is 6.20 Å². The lowest BCUT2D eigenvalue weighted by Gasteiger charge is -2.41. The molecule has 1 aromatic heterocycles. The topological polar surface area (TPSA) is 19.4 Å². The van der Waals surface area contributed by atoms with Crippen LogP contribution >= 0.6 is 0 Å². The van der Waals surface area contributed by atoms with Gasteiger partial charge < -0.3 is 9.80 Å². The van der Waals surface area contributed by atoms with Gasteiger partial charge in [0, 0.05) is 32.3 Å². The van der Waals surface area contributed by atoms with Crippen LogP contribution in [-0.2, 0) is 6.42 Å². The minimum absolute atomic E-state index is 0.426.